The summed E-state index contributed by atoms with van der Waals surface area (Å²) in [6, 6.07) is 12.5. The van der Waals surface area contributed by atoms with Gasteiger partial charge in [-0.25, -0.2) is 8.78 Å². The van der Waals surface area contributed by atoms with Crippen molar-refractivity contribution in [3.8, 4) is 11.5 Å². The molecule has 0 saturated heterocycles. The molecule has 0 bridgehead atoms. The van der Waals surface area contributed by atoms with Crippen LogP contribution in [0.25, 0.3) is 0 Å². The predicted molar refractivity (Wildman–Crippen MR) is 105 cm³/mol. The summed E-state index contributed by atoms with van der Waals surface area (Å²) in [5, 5.41) is -0.887. The number of amides is 1. The molecule has 3 rings (SSSR count). The van der Waals surface area contributed by atoms with Crippen molar-refractivity contribution in [2.75, 3.05) is 7.11 Å². The largest absolute Gasteiger partial charge is 0.496 e. The van der Waals surface area contributed by atoms with Crippen molar-refractivity contribution >= 4 is 17.7 Å². The van der Waals surface area contributed by atoms with Gasteiger partial charge in [-0.05, 0) is 48.2 Å². The first kappa shape index (κ1) is 20.5. The van der Waals surface area contributed by atoms with Gasteiger partial charge < -0.3 is 9.57 Å². The van der Waals surface area contributed by atoms with Crippen molar-refractivity contribution in [2.45, 2.75) is 48.7 Å². The van der Waals surface area contributed by atoms with Crippen molar-refractivity contribution in [1.29, 1.82) is 0 Å². The lowest BCUT2D eigenvalue weighted by molar-refractivity contribution is -0.129. The minimum atomic E-state index is -2.96. The molecule has 28 heavy (non-hydrogen) atoms. The number of halogens is 2. The number of carbonyl (C=O) groups excluding carboxylic acids is 1. The second kappa shape index (κ2) is 8.82. The Balaban J connectivity index is 1.55. The van der Waals surface area contributed by atoms with Crippen LogP contribution in [0.2, 0.25) is 0 Å². The Morgan fingerprint density at radius 2 is 2.04 bits per heavy atom. The van der Waals surface area contributed by atoms with Gasteiger partial charge in [0.1, 0.15) is 5.75 Å². The fraction of sp³-hybridized carbons (Fsp3) is 0.381. The lowest BCUT2D eigenvalue weighted by atomic mass is 10.0. The summed E-state index contributed by atoms with van der Waals surface area (Å²) in [5.74, 6) is -2.35. The molecule has 0 spiro atoms. The van der Waals surface area contributed by atoms with Crippen LogP contribution in [0.3, 0.4) is 0 Å². The van der Waals surface area contributed by atoms with Gasteiger partial charge in [-0.2, -0.15) is 5.48 Å². The monoisotopic (exact) mass is 407 g/mol. The Morgan fingerprint density at radius 1 is 1.29 bits per heavy atom. The number of para-hydroxylation sites is 1. The minimum Gasteiger partial charge on any atom is -0.496 e. The zero-order valence-corrected chi connectivity index (χ0v) is 16.7. The van der Waals surface area contributed by atoms with Crippen LogP contribution in [0.15, 0.2) is 47.4 Å². The maximum atomic E-state index is 14.7. The zero-order valence-electron chi connectivity index (χ0n) is 15.8. The summed E-state index contributed by atoms with van der Waals surface area (Å²) in [6.45, 7) is 2.01. The highest BCUT2D eigenvalue weighted by Crippen LogP contribution is 2.47. The molecule has 2 aromatic carbocycles. The Kier molecular flexibility index (Phi) is 6.44. The molecule has 0 fully saturated rings. The standard InChI is InChI=1S/C21H23F2NO3S/c1-3-14-12-18-15(11-17(14)26-2)13-19(28-18)21(22,23)10-9-20(25)24-27-16-7-5-4-6-8-16/h4-8,11-12,19H,3,9-10,13H2,1-2H3,(H,24,25). The van der Waals surface area contributed by atoms with E-state index in [9.17, 15) is 13.6 Å². The quantitative estimate of drug-likeness (QED) is 0.639. The van der Waals surface area contributed by atoms with E-state index in [-0.39, 0.29) is 12.8 Å². The molecule has 1 unspecified atom stereocenters. The number of alkyl halides is 2. The molecule has 1 heterocycles. The first-order valence-electron chi connectivity index (χ1n) is 9.18. The average molecular weight is 407 g/mol. The number of ether oxygens (including phenoxy) is 1. The van der Waals surface area contributed by atoms with E-state index in [0.29, 0.717) is 5.75 Å². The maximum Gasteiger partial charge on any atom is 0.260 e. The smallest absolute Gasteiger partial charge is 0.260 e. The average Bonchev–Trinajstić information content (AvgIpc) is 3.14. The molecular weight excluding hydrogens is 384 g/mol. The highest BCUT2D eigenvalue weighted by molar-refractivity contribution is 8.00. The van der Waals surface area contributed by atoms with E-state index in [4.69, 9.17) is 9.57 Å². The van der Waals surface area contributed by atoms with Crippen LogP contribution in [0, 0.1) is 0 Å². The number of aryl methyl sites for hydroxylation is 1. The number of carbonyl (C=O) groups is 1. The van der Waals surface area contributed by atoms with E-state index in [2.05, 4.69) is 5.48 Å². The number of fused-ring (bicyclic) bond motifs is 1. The third-order valence-electron chi connectivity index (χ3n) is 4.70. The molecule has 0 aromatic heterocycles. The molecule has 0 aliphatic carbocycles. The number of methoxy groups -OCH3 is 1. The summed E-state index contributed by atoms with van der Waals surface area (Å²) >= 11 is 1.19. The van der Waals surface area contributed by atoms with E-state index in [1.54, 1.807) is 31.4 Å². The van der Waals surface area contributed by atoms with Crippen LogP contribution in [-0.2, 0) is 17.6 Å². The van der Waals surface area contributed by atoms with Crippen LogP contribution < -0.4 is 15.1 Å². The summed E-state index contributed by atoms with van der Waals surface area (Å²) < 4.78 is 34.8. The van der Waals surface area contributed by atoms with Crippen LogP contribution in [0.1, 0.15) is 30.9 Å². The van der Waals surface area contributed by atoms with Gasteiger partial charge in [0.2, 0.25) is 0 Å². The Hall–Kier alpha value is -2.28. The molecule has 1 atom stereocenters. The van der Waals surface area contributed by atoms with Gasteiger partial charge in [-0.1, -0.05) is 25.1 Å². The predicted octanol–water partition coefficient (Wildman–Crippen LogP) is 4.80. The molecule has 150 valence electrons. The van der Waals surface area contributed by atoms with E-state index >= 15 is 0 Å². The summed E-state index contributed by atoms with van der Waals surface area (Å²) in [4.78, 5) is 17.8. The van der Waals surface area contributed by atoms with Crippen LogP contribution in [0.5, 0.6) is 11.5 Å². The lowest BCUT2D eigenvalue weighted by Gasteiger charge is -2.22. The zero-order chi connectivity index (χ0) is 20.1. The van der Waals surface area contributed by atoms with Gasteiger partial charge in [-0.15, -0.1) is 11.8 Å². The molecule has 1 N–H and O–H groups in total. The SMILES string of the molecule is CCc1cc2c(cc1OC)CC(C(F)(F)CCC(=O)NOc1ccccc1)S2. The van der Waals surface area contributed by atoms with Crippen LogP contribution in [0.4, 0.5) is 8.78 Å². The van der Waals surface area contributed by atoms with Crippen LogP contribution in [-0.4, -0.2) is 24.2 Å². The summed E-state index contributed by atoms with van der Waals surface area (Å²) in [7, 11) is 1.59. The number of rotatable bonds is 8. The highest BCUT2D eigenvalue weighted by atomic mass is 32.2. The number of hydrogen-bond acceptors (Lipinski definition) is 4. The molecular formula is C21H23F2NO3S. The number of hydrogen-bond donors (Lipinski definition) is 1. The Bertz CT molecular complexity index is 797. The molecule has 4 nitrogen and oxygen atoms in total. The van der Waals surface area contributed by atoms with E-state index in [1.165, 1.54) is 11.8 Å². The van der Waals surface area contributed by atoms with Crippen molar-refractivity contribution in [2.24, 2.45) is 0 Å². The molecule has 1 aliphatic rings. The normalized spacial score (nSPS) is 15.8. The van der Waals surface area contributed by atoms with Gasteiger partial charge in [-0.3, -0.25) is 4.79 Å². The van der Waals surface area contributed by atoms with Crippen molar-refractivity contribution in [3.05, 3.63) is 53.6 Å². The number of nitrogens with one attached hydrogen (secondary N) is 1. The van der Waals surface area contributed by atoms with Gasteiger partial charge in [0, 0.05) is 17.7 Å². The molecule has 0 saturated carbocycles. The lowest BCUT2D eigenvalue weighted by Crippen LogP contribution is -2.34. The number of benzene rings is 2. The second-order valence-electron chi connectivity index (χ2n) is 6.64. The fourth-order valence-electron chi connectivity index (χ4n) is 3.11. The van der Waals surface area contributed by atoms with E-state index in [1.807, 2.05) is 25.1 Å². The third-order valence-corrected chi connectivity index (χ3v) is 6.13. The van der Waals surface area contributed by atoms with Crippen molar-refractivity contribution in [1.82, 2.24) is 5.48 Å². The molecule has 2 aromatic rings. The van der Waals surface area contributed by atoms with Crippen LogP contribution >= 0.6 is 11.8 Å². The van der Waals surface area contributed by atoms with Gasteiger partial charge in [0.05, 0.1) is 12.4 Å². The van der Waals surface area contributed by atoms with Crippen molar-refractivity contribution < 1.29 is 23.1 Å². The maximum absolute atomic E-state index is 14.7. The Morgan fingerprint density at radius 3 is 2.71 bits per heavy atom. The third kappa shape index (κ3) is 4.76. The fourth-order valence-corrected chi connectivity index (χ4v) is 4.47. The summed E-state index contributed by atoms with van der Waals surface area (Å²) in [6.07, 6.45) is 0.201. The second-order valence-corrected chi connectivity index (χ2v) is 7.88. The van der Waals surface area contributed by atoms with Crippen molar-refractivity contribution in [3.63, 3.8) is 0 Å². The minimum absolute atomic E-state index is 0.259. The summed E-state index contributed by atoms with van der Waals surface area (Å²) in [5.41, 5.74) is 4.10. The topological polar surface area (TPSA) is 47.6 Å². The van der Waals surface area contributed by atoms with E-state index < -0.39 is 23.5 Å². The van der Waals surface area contributed by atoms with Gasteiger partial charge in [0.25, 0.3) is 11.8 Å². The van der Waals surface area contributed by atoms with Gasteiger partial charge in [0.15, 0.2) is 5.75 Å². The highest BCUT2D eigenvalue weighted by Gasteiger charge is 2.43. The Labute approximate surface area is 167 Å². The molecule has 7 heteroatoms. The molecule has 1 amide bonds. The first-order chi connectivity index (χ1) is 13.4. The molecule has 1 aliphatic heterocycles. The first-order valence-corrected chi connectivity index (χ1v) is 10.1. The van der Waals surface area contributed by atoms with Gasteiger partial charge >= 0.3 is 0 Å². The van der Waals surface area contributed by atoms with E-state index in [0.717, 1.165) is 28.2 Å². The number of hydroxylamine groups is 1. The number of thioether (sulfide) groups is 1. The molecule has 0 radical (unpaired) electrons.